The number of rotatable bonds is 2. The molecule has 0 spiro atoms. The number of benzene rings is 1. The highest BCUT2D eigenvalue weighted by molar-refractivity contribution is 6.30. The van der Waals surface area contributed by atoms with Crippen molar-refractivity contribution in [3.63, 3.8) is 0 Å². The van der Waals surface area contributed by atoms with E-state index < -0.39 is 0 Å². The summed E-state index contributed by atoms with van der Waals surface area (Å²) in [5, 5.41) is 3.06. The molecule has 6 heteroatoms. The third-order valence-corrected chi connectivity index (χ3v) is 3.38. The van der Waals surface area contributed by atoms with Crippen molar-refractivity contribution in [2.75, 3.05) is 5.73 Å². The molecule has 2 aromatic rings. The fourth-order valence-electron chi connectivity index (χ4n) is 1.78. The second-order valence-corrected chi connectivity index (χ2v) is 4.86. The molecule has 19 heavy (non-hydrogen) atoms. The average Bonchev–Trinajstić information content (AvgIpc) is 2.36. The average molecular weight is 280 g/mol. The summed E-state index contributed by atoms with van der Waals surface area (Å²) in [5.74, 6) is 0. The Morgan fingerprint density at radius 1 is 1.26 bits per heavy atom. The molecule has 0 fully saturated rings. The highest BCUT2D eigenvalue weighted by Gasteiger charge is 2.09. The first-order valence-corrected chi connectivity index (χ1v) is 6.12. The molecule has 0 aliphatic carbocycles. The maximum Gasteiger partial charge on any atom is 0.268 e. The van der Waals surface area contributed by atoms with Gasteiger partial charge < -0.3 is 5.73 Å². The van der Waals surface area contributed by atoms with Crippen molar-refractivity contribution in [1.82, 2.24) is 9.78 Å². The summed E-state index contributed by atoms with van der Waals surface area (Å²) in [6.07, 6.45) is 0. The van der Waals surface area contributed by atoms with Gasteiger partial charge >= 0.3 is 0 Å². The van der Waals surface area contributed by atoms with E-state index >= 15 is 0 Å². The second kappa shape index (κ2) is 4.93. The molecule has 0 amide bonds. The van der Waals surface area contributed by atoms with Gasteiger partial charge in [0, 0.05) is 21.8 Å². The summed E-state index contributed by atoms with van der Waals surface area (Å²) in [6, 6.07) is 5.04. The van der Waals surface area contributed by atoms with Crippen molar-refractivity contribution < 1.29 is 0 Å². The van der Waals surface area contributed by atoms with Crippen LogP contribution >= 0.6 is 11.6 Å². The van der Waals surface area contributed by atoms with E-state index in [2.05, 4.69) is 5.10 Å². The smallest absolute Gasteiger partial charge is 0.268 e. The van der Waals surface area contributed by atoms with E-state index in [1.54, 1.807) is 32.0 Å². The third-order valence-electron chi connectivity index (χ3n) is 3.14. The highest BCUT2D eigenvalue weighted by Crippen LogP contribution is 2.18. The summed E-state index contributed by atoms with van der Waals surface area (Å²) in [6.45, 7) is 3.46. The molecule has 2 rings (SSSR count). The zero-order valence-electron chi connectivity index (χ0n) is 10.7. The number of anilines is 1. The molecule has 0 saturated carbocycles. The van der Waals surface area contributed by atoms with Crippen LogP contribution in [0.15, 0.2) is 27.8 Å². The lowest BCUT2D eigenvalue weighted by atomic mass is 10.1. The van der Waals surface area contributed by atoms with Gasteiger partial charge in [-0.1, -0.05) is 17.7 Å². The molecule has 0 unspecified atom stereocenters. The number of halogens is 1. The van der Waals surface area contributed by atoms with E-state index in [0.29, 0.717) is 21.8 Å². The Morgan fingerprint density at radius 2 is 1.95 bits per heavy atom. The number of aromatic amines is 1. The lowest BCUT2D eigenvalue weighted by Crippen LogP contribution is -2.33. The zero-order valence-corrected chi connectivity index (χ0v) is 11.4. The van der Waals surface area contributed by atoms with Gasteiger partial charge in [0.1, 0.15) is 0 Å². The maximum atomic E-state index is 12.1. The van der Waals surface area contributed by atoms with Gasteiger partial charge in [-0.15, -0.1) is 0 Å². The molecule has 0 aliphatic heterocycles. The van der Waals surface area contributed by atoms with Crippen LogP contribution in [0.2, 0.25) is 5.02 Å². The minimum absolute atomic E-state index is 0.207. The van der Waals surface area contributed by atoms with Crippen LogP contribution in [0.25, 0.3) is 0 Å². The van der Waals surface area contributed by atoms with Gasteiger partial charge in [-0.2, -0.15) is 0 Å². The molecule has 100 valence electrons. The van der Waals surface area contributed by atoms with E-state index in [9.17, 15) is 9.59 Å². The first kappa shape index (κ1) is 13.4. The van der Waals surface area contributed by atoms with Crippen molar-refractivity contribution in [2.24, 2.45) is 0 Å². The van der Waals surface area contributed by atoms with Crippen molar-refractivity contribution in [3.05, 3.63) is 60.6 Å². The lowest BCUT2D eigenvalue weighted by molar-refractivity contribution is 0.619. The Balaban J connectivity index is 2.50. The Bertz CT molecular complexity index is 747. The largest absolute Gasteiger partial charge is 0.398 e. The topological polar surface area (TPSA) is 80.9 Å². The summed E-state index contributed by atoms with van der Waals surface area (Å²) < 4.78 is 1.25. The van der Waals surface area contributed by atoms with Crippen LogP contribution in [-0.4, -0.2) is 9.78 Å². The van der Waals surface area contributed by atoms with E-state index in [1.165, 1.54) is 4.68 Å². The quantitative estimate of drug-likeness (QED) is 0.816. The van der Waals surface area contributed by atoms with Crippen molar-refractivity contribution in [3.8, 4) is 0 Å². The van der Waals surface area contributed by atoms with Crippen LogP contribution in [0.5, 0.6) is 0 Å². The molecule has 0 radical (unpaired) electrons. The Hall–Kier alpha value is -2.01. The summed E-state index contributed by atoms with van der Waals surface area (Å²) in [5.41, 5.74) is 7.42. The number of H-pyrrole nitrogens is 1. The van der Waals surface area contributed by atoms with Crippen molar-refractivity contribution in [1.29, 1.82) is 0 Å². The minimum Gasteiger partial charge on any atom is -0.398 e. The predicted octanol–water partition coefficient (Wildman–Crippen LogP) is 1.44. The van der Waals surface area contributed by atoms with E-state index in [1.807, 2.05) is 0 Å². The van der Waals surface area contributed by atoms with Crippen LogP contribution in [0, 0.1) is 13.8 Å². The first-order valence-electron chi connectivity index (χ1n) is 5.74. The fourth-order valence-corrected chi connectivity index (χ4v) is 1.96. The van der Waals surface area contributed by atoms with E-state index in [4.69, 9.17) is 17.3 Å². The molecular formula is C13H14ClN3O2. The maximum absolute atomic E-state index is 12.1. The van der Waals surface area contributed by atoms with Gasteiger partial charge in [-0.05, 0) is 31.5 Å². The summed E-state index contributed by atoms with van der Waals surface area (Å²) in [4.78, 5) is 23.7. The van der Waals surface area contributed by atoms with Gasteiger partial charge in [-0.3, -0.25) is 14.7 Å². The monoisotopic (exact) mass is 279 g/mol. The Morgan fingerprint density at radius 3 is 2.58 bits per heavy atom. The number of nitrogen functional groups attached to an aromatic ring is 1. The van der Waals surface area contributed by atoms with Gasteiger partial charge in [-0.25, -0.2) is 4.68 Å². The van der Waals surface area contributed by atoms with Crippen LogP contribution in [0.4, 0.5) is 5.69 Å². The van der Waals surface area contributed by atoms with Crippen LogP contribution in [-0.2, 0) is 6.54 Å². The molecule has 1 aromatic heterocycles. The molecule has 1 heterocycles. The Kier molecular flexibility index (Phi) is 3.48. The van der Waals surface area contributed by atoms with Crippen molar-refractivity contribution in [2.45, 2.75) is 20.4 Å². The molecular weight excluding hydrogens is 266 g/mol. The highest BCUT2D eigenvalue weighted by atomic mass is 35.5. The molecule has 0 bridgehead atoms. The SMILES string of the molecule is Cc1c(C)c(=O)n(Cc2ccc(Cl)cc2N)[nH]c1=O. The first-order chi connectivity index (χ1) is 8.90. The molecule has 5 nitrogen and oxygen atoms in total. The lowest BCUT2D eigenvalue weighted by Gasteiger charge is -2.10. The molecule has 1 aromatic carbocycles. The van der Waals surface area contributed by atoms with Gasteiger partial charge in [0.2, 0.25) is 0 Å². The zero-order chi connectivity index (χ0) is 14.2. The van der Waals surface area contributed by atoms with Crippen LogP contribution in [0.1, 0.15) is 16.7 Å². The predicted molar refractivity (Wildman–Crippen MR) is 75.8 cm³/mol. The van der Waals surface area contributed by atoms with E-state index in [0.717, 1.165) is 5.56 Å². The van der Waals surface area contributed by atoms with E-state index in [-0.39, 0.29) is 17.7 Å². The van der Waals surface area contributed by atoms with Gasteiger partial charge in [0.25, 0.3) is 11.1 Å². The molecule has 0 aliphatic rings. The standard InChI is InChI=1S/C13H14ClN3O2/c1-7-8(2)13(19)17(16-12(7)18)6-9-3-4-10(14)5-11(9)15/h3-5H,6,15H2,1-2H3,(H,16,18). The molecule has 3 N–H and O–H groups in total. The number of nitrogens with zero attached hydrogens (tertiary/aromatic N) is 1. The second-order valence-electron chi connectivity index (χ2n) is 4.43. The fraction of sp³-hybridized carbons (Fsp3) is 0.231. The Labute approximate surface area is 114 Å². The number of nitrogens with one attached hydrogen (secondary N) is 1. The summed E-state index contributed by atoms with van der Waals surface area (Å²) >= 11 is 5.82. The number of nitrogens with two attached hydrogens (primary N) is 1. The number of aromatic nitrogens is 2. The van der Waals surface area contributed by atoms with Gasteiger partial charge in [0.15, 0.2) is 0 Å². The number of hydrogen-bond donors (Lipinski definition) is 2. The van der Waals surface area contributed by atoms with Crippen LogP contribution < -0.4 is 16.9 Å². The normalized spacial score (nSPS) is 10.7. The minimum atomic E-state index is -0.273. The van der Waals surface area contributed by atoms with Crippen LogP contribution in [0.3, 0.4) is 0 Å². The third kappa shape index (κ3) is 2.56. The number of hydrogen-bond acceptors (Lipinski definition) is 3. The summed E-state index contributed by atoms with van der Waals surface area (Å²) in [7, 11) is 0. The van der Waals surface area contributed by atoms with Gasteiger partial charge in [0.05, 0.1) is 6.54 Å². The molecule has 0 atom stereocenters. The van der Waals surface area contributed by atoms with Crippen molar-refractivity contribution >= 4 is 17.3 Å². The molecule has 0 saturated heterocycles.